The molecule has 1 heterocycles. The number of hydrogen-bond donors (Lipinski definition) is 3. The van der Waals surface area contributed by atoms with Gasteiger partial charge in [0.15, 0.2) is 6.10 Å². The fourth-order valence-corrected chi connectivity index (χ4v) is 5.62. The zero-order valence-corrected chi connectivity index (χ0v) is 18.7. The Balaban J connectivity index is 1.03. The summed E-state index contributed by atoms with van der Waals surface area (Å²) in [4.78, 5) is 24.9. The fourth-order valence-electron chi connectivity index (χ4n) is 5.44. The Morgan fingerprint density at radius 1 is 1.12 bits per heavy atom. The topological polar surface area (TPSA) is 106 Å². The van der Waals surface area contributed by atoms with Crippen molar-refractivity contribution in [3.8, 4) is 5.75 Å². The number of carbonyl (C=O) groups is 2. The molecule has 3 N–H and O–H groups in total. The van der Waals surface area contributed by atoms with Gasteiger partial charge in [-0.25, -0.2) is 0 Å². The zero-order chi connectivity index (χ0) is 24.3. The predicted molar refractivity (Wildman–Crippen MR) is 111 cm³/mol. The summed E-state index contributed by atoms with van der Waals surface area (Å²) in [6.45, 7) is -0.234. The zero-order valence-electron chi connectivity index (χ0n) is 18.0. The van der Waals surface area contributed by atoms with Crippen molar-refractivity contribution in [3.63, 3.8) is 0 Å². The lowest BCUT2D eigenvalue weighted by molar-refractivity contribution is -0.357. The van der Waals surface area contributed by atoms with Gasteiger partial charge in [-0.15, -0.1) is 13.2 Å². The number of hydrogen-bond acceptors (Lipinski definition) is 6. The van der Waals surface area contributed by atoms with Gasteiger partial charge in [-0.1, -0.05) is 11.6 Å². The number of rotatable bonds is 7. The molecule has 5 aliphatic rings. The summed E-state index contributed by atoms with van der Waals surface area (Å²) < 4.78 is 51.4. The molecule has 0 unspecified atom stereocenters. The molecule has 1 aromatic rings. The predicted octanol–water partition coefficient (Wildman–Crippen LogP) is 2.52. The van der Waals surface area contributed by atoms with Crippen LogP contribution in [0.4, 0.5) is 13.2 Å². The normalized spacial score (nSPS) is 35.6. The number of fused-ring (bicyclic) bond motifs is 1. The summed E-state index contributed by atoms with van der Waals surface area (Å²) in [5.74, 6) is -0.232. The van der Waals surface area contributed by atoms with Gasteiger partial charge in [-0.2, -0.15) is 0 Å². The Morgan fingerprint density at radius 2 is 1.79 bits per heavy atom. The van der Waals surface area contributed by atoms with Crippen LogP contribution in [-0.2, 0) is 19.1 Å². The number of benzene rings is 1. The second-order valence-electron chi connectivity index (χ2n) is 9.76. The van der Waals surface area contributed by atoms with E-state index in [-0.39, 0.29) is 37.7 Å². The van der Waals surface area contributed by atoms with Crippen molar-refractivity contribution in [1.29, 1.82) is 0 Å². The van der Waals surface area contributed by atoms with E-state index in [1.807, 2.05) is 0 Å². The number of halogens is 4. The molecule has 0 saturated heterocycles. The maximum atomic E-state index is 12.7. The van der Waals surface area contributed by atoms with E-state index >= 15 is 0 Å². The first-order valence-electron chi connectivity index (χ1n) is 11.1. The first kappa shape index (κ1) is 23.7. The molecule has 0 spiro atoms. The standard InChI is InChI=1S/C22H24ClF3N2O6/c23-11-1-2-16-14(3-11)15(29)6-17(33-16)19(31)28-21-8-20(9-21,10-21)27-18(30)7-32-12-4-13(5-12)34-22(24,25)26/h1-3,12-13,15,17,29H,4-10H2,(H,27,30)(H,28,31)/t12?,13?,15-,17+,20?,21?/m0/s1. The van der Waals surface area contributed by atoms with Gasteiger partial charge < -0.3 is 25.2 Å². The highest BCUT2D eigenvalue weighted by molar-refractivity contribution is 6.30. The molecule has 2 atom stereocenters. The lowest BCUT2D eigenvalue weighted by Gasteiger charge is -2.70. The summed E-state index contributed by atoms with van der Waals surface area (Å²) in [7, 11) is 0. The molecule has 8 nitrogen and oxygen atoms in total. The molecule has 0 radical (unpaired) electrons. The average molecular weight is 505 g/mol. The Kier molecular flexibility index (Phi) is 5.74. The van der Waals surface area contributed by atoms with Crippen LogP contribution in [0.3, 0.4) is 0 Å². The molecule has 4 fully saturated rings. The van der Waals surface area contributed by atoms with Crippen LogP contribution < -0.4 is 15.4 Å². The van der Waals surface area contributed by atoms with Crippen molar-refractivity contribution < 1.29 is 42.1 Å². The number of alkyl halides is 3. The molecular formula is C22H24ClF3N2O6. The summed E-state index contributed by atoms with van der Waals surface area (Å²) in [6.07, 6.45) is -5.66. The van der Waals surface area contributed by atoms with E-state index in [1.165, 1.54) is 0 Å². The van der Waals surface area contributed by atoms with E-state index < -0.39 is 41.9 Å². The van der Waals surface area contributed by atoms with Crippen molar-refractivity contribution in [2.45, 2.75) is 80.4 Å². The molecule has 1 aliphatic heterocycles. The molecule has 6 rings (SSSR count). The highest BCUT2D eigenvalue weighted by Gasteiger charge is 2.69. The van der Waals surface area contributed by atoms with Crippen molar-refractivity contribution in [3.05, 3.63) is 28.8 Å². The highest BCUT2D eigenvalue weighted by atomic mass is 35.5. The molecule has 1 aromatic carbocycles. The summed E-state index contributed by atoms with van der Waals surface area (Å²) >= 11 is 5.95. The second kappa shape index (κ2) is 8.25. The van der Waals surface area contributed by atoms with E-state index in [1.54, 1.807) is 18.2 Å². The van der Waals surface area contributed by atoms with E-state index in [2.05, 4.69) is 15.4 Å². The van der Waals surface area contributed by atoms with E-state index in [0.717, 1.165) is 0 Å². The van der Waals surface area contributed by atoms with Gasteiger partial charge in [-0.05, 0) is 37.5 Å². The lowest BCUT2D eigenvalue weighted by Crippen LogP contribution is -2.84. The highest BCUT2D eigenvalue weighted by Crippen LogP contribution is 2.60. The van der Waals surface area contributed by atoms with Gasteiger partial charge in [0.2, 0.25) is 5.91 Å². The fraction of sp³-hybridized carbons (Fsp3) is 0.636. The molecule has 2 bridgehead atoms. The molecule has 4 aliphatic carbocycles. The molecule has 2 amide bonds. The van der Waals surface area contributed by atoms with E-state index in [9.17, 15) is 27.9 Å². The molecule has 186 valence electrons. The lowest BCUT2D eigenvalue weighted by atomic mass is 9.44. The minimum atomic E-state index is -4.66. The number of nitrogens with one attached hydrogen (secondary N) is 2. The van der Waals surface area contributed by atoms with E-state index in [4.69, 9.17) is 21.1 Å². The van der Waals surface area contributed by atoms with Crippen LogP contribution >= 0.6 is 11.6 Å². The van der Waals surface area contributed by atoms with Crippen molar-refractivity contribution in [2.75, 3.05) is 6.61 Å². The van der Waals surface area contributed by atoms with Crippen molar-refractivity contribution in [1.82, 2.24) is 10.6 Å². The third-order valence-electron chi connectivity index (χ3n) is 6.96. The maximum Gasteiger partial charge on any atom is 0.522 e. The molecule has 12 heteroatoms. The van der Waals surface area contributed by atoms with Gasteiger partial charge in [0.25, 0.3) is 5.91 Å². The quantitative estimate of drug-likeness (QED) is 0.527. The van der Waals surface area contributed by atoms with Gasteiger partial charge in [0.1, 0.15) is 12.4 Å². The first-order valence-corrected chi connectivity index (χ1v) is 11.4. The monoisotopic (exact) mass is 504 g/mol. The summed E-state index contributed by atoms with van der Waals surface area (Å²) in [5.41, 5.74) is -0.252. The second-order valence-corrected chi connectivity index (χ2v) is 10.2. The van der Waals surface area contributed by atoms with Gasteiger partial charge in [-0.3, -0.25) is 14.3 Å². The molecular weight excluding hydrogens is 481 g/mol. The first-order chi connectivity index (χ1) is 15.9. The van der Waals surface area contributed by atoms with Crippen LogP contribution in [0.15, 0.2) is 18.2 Å². The third kappa shape index (κ3) is 4.71. The van der Waals surface area contributed by atoms with Crippen LogP contribution in [-0.4, -0.2) is 59.3 Å². The smallest absolute Gasteiger partial charge is 0.480 e. The van der Waals surface area contributed by atoms with Crippen LogP contribution in [0.25, 0.3) is 0 Å². The molecule has 34 heavy (non-hydrogen) atoms. The number of carbonyl (C=O) groups excluding carboxylic acids is 2. The van der Waals surface area contributed by atoms with Crippen molar-refractivity contribution in [2.24, 2.45) is 0 Å². The Hall–Kier alpha value is -2.08. The Morgan fingerprint density at radius 3 is 2.47 bits per heavy atom. The third-order valence-corrected chi connectivity index (χ3v) is 7.19. The van der Waals surface area contributed by atoms with Crippen LogP contribution in [0.2, 0.25) is 5.02 Å². The number of ether oxygens (including phenoxy) is 3. The SMILES string of the molecule is O=C(COC1CC(OC(F)(F)F)C1)NC12CC(NC(=O)[C@H]3C[C@H](O)c4cc(Cl)ccc4O3)(C1)C2. The largest absolute Gasteiger partial charge is 0.522 e. The minimum absolute atomic E-state index is 0.0997. The average Bonchev–Trinajstić information content (AvgIpc) is 2.66. The Labute approximate surface area is 198 Å². The Bertz CT molecular complexity index is 980. The van der Waals surface area contributed by atoms with Gasteiger partial charge in [0, 0.05) is 40.9 Å². The van der Waals surface area contributed by atoms with Gasteiger partial charge >= 0.3 is 6.36 Å². The molecule has 0 aromatic heterocycles. The summed E-state index contributed by atoms with van der Waals surface area (Å²) in [5, 5.41) is 16.7. The number of aliphatic hydroxyl groups excluding tert-OH is 1. The minimum Gasteiger partial charge on any atom is -0.480 e. The van der Waals surface area contributed by atoms with Crippen LogP contribution in [0.5, 0.6) is 5.75 Å². The number of amides is 2. The number of aliphatic hydroxyl groups is 1. The van der Waals surface area contributed by atoms with Crippen LogP contribution in [0.1, 0.15) is 50.2 Å². The van der Waals surface area contributed by atoms with Crippen LogP contribution in [0, 0.1) is 0 Å². The summed E-state index contributed by atoms with van der Waals surface area (Å²) in [6, 6.07) is 4.87. The van der Waals surface area contributed by atoms with Crippen molar-refractivity contribution >= 4 is 23.4 Å². The van der Waals surface area contributed by atoms with E-state index in [0.29, 0.717) is 35.6 Å². The molecule has 4 saturated carbocycles. The maximum absolute atomic E-state index is 12.7. The van der Waals surface area contributed by atoms with Gasteiger partial charge in [0.05, 0.1) is 18.3 Å².